The van der Waals surface area contributed by atoms with Crippen LogP contribution in [0.2, 0.25) is 0 Å². The summed E-state index contributed by atoms with van der Waals surface area (Å²) in [6, 6.07) is 0. The van der Waals surface area contributed by atoms with Crippen LogP contribution in [-0.2, 0) is 9.47 Å². The van der Waals surface area contributed by atoms with E-state index in [4.69, 9.17) is 9.47 Å². The number of hydrogen-bond donors (Lipinski definition) is 3. The largest absolute Gasteiger partial charge is 0.388 e. The molecule has 8 nitrogen and oxygen atoms in total. The molecule has 1 aliphatic heterocycles. The van der Waals surface area contributed by atoms with Gasteiger partial charge in [0.15, 0.2) is 5.79 Å². The lowest BCUT2D eigenvalue weighted by Gasteiger charge is -2.41. The van der Waals surface area contributed by atoms with Crippen LogP contribution in [0.15, 0.2) is 15.8 Å². The fourth-order valence-corrected chi connectivity index (χ4v) is 2.21. The third kappa shape index (κ3) is 3.27. The first kappa shape index (κ1) is 16.8. The Kier molecular flexibility index (Phi) is 4.52. The number of aromatic amines is 1. The number of nitrogens with zero attached hydrogens (tertiary/aromatic N) is 1. The molecule has 1 aromatic heterocycles. The number of aliphatic hydroxyl groups is 2. The van der Waals surface area contributed by atoms with E-state index in [-0.39, 0.29) is 12.2 Å². The first-order valence-electron chi connectivity index (χ1n) is 6.76. The number of ether oxygens (including phenoxy) is 2. The maximum Gasteiger partial charge on any atom is 0.330 e. The zero-order chi connectivity index (χ0) is 16.7. The van der Waals surface area contributed by atoms with E-state index in [2.05, 4.69) is 0 Å². The second-order valence-electron chi connectivity index (χ2n) is 5.70. The molecule has 1 fully saturated rings. The predicted molar refractivity (Wildman–Crippen MR) is 73.1 cm³/mol. The van der Waals surface area contributed by atoms with E-state index >= 15 is 0 Å². The number of alkyl halides is 1. The van der Waals surface area contributed by atoms with Crippen LogP contribution < -0.4 is 11.2 Å². The quantitative estimate of drug-likeness (QED) is 0.671. The first-order valence-corrected chi connectivity index (χ1v) is 6.76. The van der Waals surface area contributed by atoms with Crippen molar-refractivity contribution in [3.05, 3.63) is 32.6 Å². The third-order valence-electron chi connectivity index (χ3n) is 3.43. The van der Waals surface area contributed by atoms with E-state index in [1.807, 2.05) is 4.98 Å². The van der Waals surface area contributed by atoms with Crippen molar-refractivity contribution < 1.29 is 24.1 Å². The minimum absolute atomic E-state index is 0.114. The van der Waals surface area contributed by atoms with E-state index in [0.29, 0.717) is 4.57 Å². The number of hydrogen-bond acceptors (Lipinski definition) is 6. The van der Waals surface area contributed by atoms with E-state index in [9.17, 15) is 24.2 Å². The van der Waals surface area contributed by atoms with Crippen molar-refractivity contribution >= 4 is 0 Å². The van der Waals surface area contributed by atoms with Crippen LogP contribution in [0.25, 0.3) is 0 Å². The lowest BCUT2D eigenvalue weighted by Crippen LogP contribution is -2.55. The van der Waals surface area contributed by atoms with E-state index in [1.165, 1.54) is 6.92 Å². The molecule has 22 heavy (non-hydrogen) atoms. The molecular formula is C13H19FN2O6. The van der Waals surface area contributed by atoms with Crippen molar-refractivity contribution in [3.8, 4) is 0 Å². The Morgan fingerprint density at radius 2 is 2.14 bits per heavy atom. The maximum absolute atomic E-state index is 14.5. The molecule has 1 aromatic rings. The summed E-state index contributed by atoms with van der Waals surface area (Å²) in [5.74, 6) is -1.10. The Morgan fingerprint density at radius 3 is 2.77 bits per heavy atom. The minimum Gasteiger partial charge on any atom is -0.388 e. The number of aliphatic hydroxyl groups excluding tert-OH is 2. The SMILES string of the molecule is Cc1cn(C(F)C(O)[C@@H]2OC(C)(C)OCC2O)c(=O)[nH]c1=O. The highest BCUT2D eigenvalue weighted by molar-refractivity contribution is 5.02. The summed E-state index contributed by atoms with van der Waals surface area (Å²) >= 11 is 0. The molecular weight excluding hydrogens is 299 g/mol. The van der Waals surface area contributed by atoms with Crippen molar-refractivity contribution in [2.75, 3.05) is 6.61 Å². The number of aryl methyl sites for hydroxylation is 1. The second-order valence-corrected chi connectivity index (χ2v) is 5.70. The summed E-state index contributed by atoms with van der Waals surface area (Å²) in [5.41, 5.74) is -1.52. The highest BCUT2D eigenvalue weighted by Gasteiger charge is 2.43. The smallest absolute Gasteiger partial charge is 0.330 e. The van der Waals surface area contributed by atoms with Gasteiger partial charge < -0.3 is 19.7 Å². The Labute approximate surface area is 125 Å². The topological polar surface area (TPSA) is 114 Å². The molecule has 2 heterocycles. The molecule has 0 saturated carbocycles. The molecule has 0 aliphatic carbocycles. The van der Waals surface area contributed by atoms with Gasteiger partial charge in [-0.15, -0.1) is 0 Å². The van der Waals surface area contributed by atoms with Crippen LogP contribution in [0.5, 0.6) is 0 Å². The fourth-order valence-electron chi connectivity index (χ4n) is 2.21. The fraction of sp³-hybridized carbons (Fsp3) is 0.692. The molecule has 9 heteroatoms. The van der Waals surface area contributed by atoms with Gasteiger partial charge in [0.1, 0.15) is 18.3 Å². The minimum atomic E-state index is -2.20. The number of halogens is 1. The van der Waals surface area contributed by atoms with Crippen LogP contribution >= 0.6 is 0 Å². The van der Waals surface area contributed by atoms with Gasteiger partial charge in [-0.3, -0.25) is 14.3 Å². The number of rotatable bonds is 3. The highest BCUT2D eigenvalue weighted by Crippen LogP contribution is 2.28. The standard InChI is InChI=1S/C13H19FN2O6/c1-6-4-16(12(20)15-11(6)19)10(14)8(18)9-7(17)5-21-13(2,3)22-9/h4,7-10,17-18H,5H2,1-3H3,(H,15,19,20)/t7?,8?,9-,10?/m1/s1. The van der Waals surface area contributed by atoms with Crippen molar-refractivity contribution in [2.24, 2.45) is 0 Å². The van der Waals surface area contributed by atoms with Gasteiger partial charge >= 0.3 is 5.69 Å². The van der Waals surface area contributed by atoms with Crippen molar-refractivity contribution in [2.45, 2.75) is 51.2 Å². The highest BCUT2D eigenvalue weighted by atomic mass is 19.1. The van der Waals surface area contributed by atoms with Crippen LogP contribution in [0.1, 0.15) is 25.7 Å². The molecule has 0 radical (unpaired) electrons. The Balaban J connectivity index is 2.28. The summed E-state index contributed by atoms with van der Waals surface area (Å²) in [6.07, 6.45) is -5.54. The lowest BCUT2D eigenvalue weighted by atomic mass is 10.1. The molecule has 124 valence electrons. The molecule has 2 rings (SSSR count). The number of nitrogens with one attached hydrogen (secondary N) is 1. The molecule has 3 N–H and O–H groups in total. The van der Waals surface area contributed by atoms with Crippen LogP contribution in [0, 0.1) is 6.92 Å². The molecule has 0 spiro atoms. The van der Waals surface area contributed by atoms with Gasteiger partial charge in [0.05, 0.1) is 6.61 Å². The molecule has 0 aromatic carbocycles. The molecule has 0 bridgehead atoms. The summed E-state index contributed by atoms with van der Waals surface area (Å²) in [4.78, 5) is 24.9. The summed E-state index contributed by atoms with van der Waals surface area (Å²) in [5, 5.41) is 19.9. The van der Waals surface area contributed by atoms with Crippen molar-refractivity contribution in [3.63, 3.8) is 0 Å². The van der Waals surface area contributed by atoms with Gasteiger partial charge in [0.25, 0.3) is 5.56 Å². The zero-order valence-corrected chi connectivity index (χ0v) is 12.4. The van der Waals surface area contributed by atoms with Gasteiger partial charge in [-0.25, -0.2) is 9.18 Å². The monoisotopic (exact) mass is 318 g/mol. The first-order chi connectivity index (χ1) is 10.1. The summed E-state index contributed by atoms with van der Waals surface area (Å²) < 4.78 is 25.5. The Morgan fingerprint density at radius 1 is 1.50 bits per heavy atom. The van der Waals surface area contributed by atoms with E-state index in [0.717, 1.165) is 6.20 Å². The zero-order valence-electron chi connectivity index (χ0n) is 12.4. The van der Waals surface area contributed by atoms with Gasteiger partial charge in [-0.05, 0) is 20.8 Å². The van der Waals surface area contributed by atoms with Gasteiger partial charge in [0, 0.05) is 11.8 Å². The molecule has 1 saturated heterocycles. The number of aromatic nitrogens is 2. The van der Waals surface area contributed by atoms with Gasteiger partial charge in [-0.1, -0.05) is 0 Å². The molecule has 3 unspecified atom stereocenters. The maximum atomic E-state index is 14.5. The number of H-pyrrole nitrogens is 1. The third-order valence-corrected chi connectivity index (χ3v) is 3.43. The normalized spacial score (nSPS) is 27.4. The van der Waals surface area contributed by atoms with Crippen LogP contribution in [-0.4, -0.2) is 50.5 Å². The molecule has 1 aliphatic rings. The van der Waals surface area contributed by atoms with E-state index < -0.39 is 41.6 Å². The molecule has 0 amide bonds. The summed E-state index contributed by atoms with van der Waals surface area (Å²) in [6.45, 7) is 4.38. The lowest BCUT2D eigenvalue weighted by molar-refractivity contribution is -0.324. The van der Waals surface area contributed by atoms with Crippen molar-refractivity contribution in [1.29, 1.82) is 0 Å². The Bertz CT molecular complexity index is 655. The second kappa shape index (κ2) is 5.92. The van der Waals surface area contributed by atoms with Crippen molar-refractivity contribution in [1.82, 2.24) is 9.55 Å². The summed E-state index contributed by atoms with van der Waals surface area (Å²) in [7, 11) is 0. The molecule has 4 atom stereocenters. The van der Waals surface area contributed by atoms with Crippen LogP contribution in [0.3, 0.4) is 0 Å². The van der Waals surface area contributed by atoms with Gasteiger partial charge in [0.2, 0.25) is 6.30 Å². The van der Waals surface area contributed by atoms with Gasteiger partial charge in [-0.2, -0.15) is 0 Å². The average molecular weight is 318 g/mol. The Hall–Kier alpha value is -1.55. The van der Waals surface area contributed by atoms with Crippen LogP contribution in [0.4, 0.5) is 4.39 Å². The predicted octanol–water partition coefficient (Wildman–Crippen LogP) is -0.814. The average Bonchev–Trinajstić information content (AvgIpc) is 2.44. The van der Waals surface area contributed by atoms with E-state index in [1.54, 1.807) is 13.8 Å².